The van der Waals surface area contributed by atoms with Crippen molar-refractivity contribution in [2.24, 2.45) is 0 Å². The van der Waals surface area contributed by atoms with Gasteiger partial charge in [0.05, 0.1) is 6.10 Å². The number of halogens is 2. The Morgan fingerprint density at radius 1 is 1.05 bits per heavy atom. The molecule has 21 heavy (non-hydrogen) atoms. The van der Waals surface area contributed by atoms with Crippen molar-refractivity contribution < 1.29 is 18.6 Å². The number of hydrogen-bond donors (Lipinski definition) is 1. The largest absolute Gasteiger partial charge is 0.487 e. The summed E-state index contributed by atoms with van der Waals surface area (Å²) < 4.78 is 33.4. The monoisotopic (exact) mass is 292 g/mol. The van der Waals surface area contributed by atoms with E-state index in [2.05, 4.69) is 0 Å². The van der Waals surface area contributed by atoms with Gasteiger partial charge in [0.15, 0.2) is 6.61 Å². The second-order valence-corrected chi connectivity index (χ2v) is 4.82. The first-order valence-corrected chi connectivity index (χ1v) is 6.87. The summed E-state index contributed by atoms with van der Waals surface area (Å²) >= 11 is 0. The molecule has 0 bridgehead atoms. The maximum atomic E-state index is 14.1. The zero-order valence-electron chi connectivity index (χ0n) is 11.8. The summed E-state index contributed by atoms with van der Waals surface area (Å²) in [4.78, 5) is 0. The van der Waals surface area contributed by atoms with E-state index in [0.717, 1.165) is 0 Å². The van der Waals surface area contributed by atoms with Gasteiger partial charge in [-0.05, 0) is 12.5 Å². The molecular weight excluding hydrogens is 274 g/mol. The number of benzene rings is 2. The Morgan fingerprint density at radius 3 is 2.33 bits per heavy atom. The Labute approximate surface area is 123 Å². The molecule has 0 heterocycles. The first kappa shape index (κ1) is 15.4. The number of ether oxygens (including phenoxy) is 1. The van der Waals surface area contributed by atoms with Gasteiger partial charge in [0.1, 0.15) is 5.75 Å². The van der Waals surface area contributed by atoms with Crippen LogP contribution in [0.2, 0.25) is 0 Å². The molecule has 1 atom stereocenters. The van der Waals surface area contributed by atoms with Crippen LogP contribution in [-0.4, -0.2) is 11.7 Å². The highest BCUT2D eigenvalue weighted by molar-refractivity contribution is 5.35. The minimum atomic E-state index is -3.08. The molecule has 0 aliphatic carbocycles. The van der Waals surface area contributed by atoms with Crippen molar-refractivity contribution in [3.8, 4) is 5.75 Å². The minimum Gasteiger partial charge on any atom is -0.487 e. The van der Waals surface area contributed by atoms with Crippen LogP contribution < -0.4 is 4.74 Å². The summed E-state index contributed by atoms with van der Waals surface area (Å²) in [6.45, 7) is 1.06. The van der Waals surface area contributed by atoms with E-state index in [1.54, 1.807) is 42.5 Å². The SMILES string of the molecule is CC[C@H](O)c1ccccc1OCC(F)(F)c1ccccc1. The lowest BCUT2D eigenvalue weighted by atomic mass is 10.1. The topological polar surface area (TPSA) is 29.5 Å². The molecule has 2 aromatic rings. The van der Waals surface area contributed by atoms with E-state index in [-0.39, 0.29) is 5.56 Å². The Hall–Kier alpha value is -1.94. The van der Waals surface area contributed by atoms with Gasteiger partial charge in [0, 0.05) is 11.1 Å². The lowest BCUT2D eigenvalue weighted by Crippen LogP contribution is -2.23. The van der Waals surface area contributed by atoms with Gasteiger partial charge in [-0.1, -0.05) is 55.5 Å². The van der Waals surface area contributed by atoms with Crippen molar-refractivity contribution in [3.05, 3.63) is 65.7 Å². The summed E-state index contributed by atoms with van der Waals surface area (Å²) in [7, 11) is 0. The highest BCUT2D eigenvalue weighted by atomic mass is 19.3. The van der Waals surface area contributed by atoms with Crippen LogP contribution in [0.25, 0.3) is 0 Å². The van der Waals surface area contributed by atoms with E-state index in [4.69, 9.17) is 4.74 Å². The molecule has 2 aromatic carbocycles. The highest BCUT2D eigenvalue weighted by Gasteiger charge is 2.32. The van der Waals surface area contributed by atoms with Crippen molar-refractivity contribution in [1.29, 1.82) is 0 Å². The van der Waals surface area contributed by atoms with Gasteiger partial charge in [-0.3, -0.25) is 0 Å². The molecule has 0 saturated heterocycles. The maximum absolute atomic E-state index is 14.1. The molecule has 0 saturated carbocycles. The molecule has 1 N–H and O–H groups in total. The van der Waals surface area contributed by atoms with Gasteiger partial charge in [-0.25, -0.2) is 0 Å². The standard InChI is InChI=1S/C17H18F2O2/c1-2-15(20)14-10-6-7-11-16(14)21-12-17(18,19)13-8-4-3-5-9-13/h3-11,15,20H,2,12H2,1H3/t15-/m0/s1. The lowest BCUT2D eigenvalue weighted by Gasteiger charge is -2.20. The van der Waals surface area contributed by atoms with E-state index in [1.807, 2.05) is 6.92 Å². The van der Waals surface area contributed by atoms with Crippen molar-refractivity contribution >= 4 is 0 Å². The first-order chi connectivity index (χ1) is 10.0. The predicted molar refractivity (Wildman–Crippen MR) is 77.5 cm³/mol. The molecule has 0 amide bonds. The fourth-order valence-electron chi connectivity index (χ4n) is 2.04. The van der Waals surface area contributed by atoms with E-state index in [9.17, 15) is 13.9 Å². The summed E-state index contributed by atoms with van der Waals surface area (Å²) in [6, 6.07) is 14.3. The molecule has 0 unspecified atom stereocenters. The van der Waals surface area contributed by atoms with Crippen LogP contribution in [0, 0.1) is 0 Å². The number of rotatable bonds is 6. The van der Waals surface area contributed by atoms with Crippen molar-refractivity contribution in [3.63, 3.8) is 0 Å². The molecule has 4 heteroatoms. The zero-order chi connectivity index (χ0) is 15.3. The Morgan fingerprint density at radius 2 is 1.67 bits per heavy atom. The van der Waals surface area contributed by atoms with Crippen LogP contribution in [0.1, 0.15) is 30.6 Å². The lowest BCUT2D eigenvalue weighted by molar-refractivity contribution is -0.0474. The third-order valence-electron chi connectivity index (χ3n) is 3.27. The zero-order valence-corrected chi connectivity index (χ0v) is 11.8. The molecule has 0 fully saturated rings. The average molecular weight is 292 g/mol. The van der Waals surface area contributed by atoms with Crippen molar-refractivity contribution in [1.82, 2.24) is 0 Å². The van der Waals surface area contributed by atoms with Crippen LogP contribution >= 0.6 is 0 Å². The van der Waals surface area contributed by atoms with Gasteiger partial charge in [0.25, 0.3) is 0 Å². The molecule has 0 spiro atoms. The second-order valence-electron chi connectivity index (χ2n) is 4.82. The number of aliphatic hydroxyl groups is 1. The second kappa shape index (κ2) is 6.68. The Balaban J connectivity index is 2.13. The quantitative estimate of drug-likeness (QED) is 0.860. The predicted octanol–water partition coefficient (Wildman–Crippen LogP) is 4.30. The fraction of sp³-hybridized carbons (Fsp3) is 0.294. The molecule has 0 radical (unpaired) electrons. The van der Waals surface area contributed by atoms with Crippen LogP contribution in [-0.2, 0) is 5.92 Å². The number of hydrogen-bond acceptors (Lipinski definition) is 2. The number of para-hydroxylation sites is 1. The normalized spacial score (nSPS) is 13.0. The summed E-state index contributed by atoms with van der Waals surface area (Å²) in [5.41, 5.74) is 0.447. The molecule has 2 nitrogen and oxygen atoms in total. The van der Waals surface area contributed by atoms with E-state index in [1.165, 1.54) is 12.1 Å². The molecule has 0 aliphatic rings. The highest BCUT2D eigenvalue weighted by Crippen LogP contribution is 2.31. The Kier molecular flexibility index (Phi) is 4.91. The average Bonchev–Trinajstić information content (AvgIpc) is 2.53. The molecule has 2 rings (SSSR count). The molecular formula is C17H18F2O2. The number of alkyl halides is 2. The summed E-state index contributed by atoms with van der Waals surface area (Å²) in [5.74, 6) is -2.78. The molecule has 0 aromatic heterocycles. The van der Waals surface area contributed by atoms with Gasteiger partial charge < -0.3 is 9.84 Å². The third-order valence-corrected chi connectivity index (χ3v) is 3.27. The summed E-state index contributed by atoms with van der Waals surface area (Å²) in [6.07, 6.45) is -0.221. The van der Waals surface area contributed by atoms with Crippen LogP contribution in [0.4, 0.5) is 8.78 Å². The molecule has 0 aliphatic heterocycles. The minimum absolute atomic E-state index is 0.0847. The van der Waals surface area contributed by atoms with E-state index >= 15 is 0 Å². The van der Waals surface area contributed by atoms with Crippen molar-refractivity contribution in [2.75, 3.05) is 6.61 Å². The van der Waals surface area contributed by atoms with Crippen LogP contribution in [0.3, 0.4) is 0 Å². The van der Waals surface area contributed by atoms with Crippen LogP contribution in [0.5, 0.6) is 5.75 Å². The molecule has 112 valence electrons. The van der Waals surface area contributed by atoms with Crippen LogP contribution in [0.15, 0.2) is 54.6 Å². The fourth-order valence-corrected chi connectivity index (χ4v) is 2.04. The van der Waals surface area contributed by atoms with Gasteiger partial charge in [-0.2, -0.15) is 8.78 Å². The third kappa shape index (κ3) is 3.79. The van der Waals surface area contributed by atoms with Crippen molar-refractivity contribution in [2.45, 2.75) is 25.4 Å². The smallest absolute Gasteiger partial charge is 0.306 e. The van der Waals surface area contributed by atoms with Gasteiger partial charge in [-0.15, -0.1) is 0 Å². The van der Waals surface area contributed by atoms with Gasteiger partial charge in [0.2, 0.25) is 0 Å². The first-order valence-electron chi connectivity index (χ1n) is 6.87. The Bertz CT molecular complexity index is 570. The number of aliphatic hydroxyl groups excluding tert-OH is 1. The van der Waals surface area contributed by atoms with E-state index in [0.29, 0.717) is 17.7 Å². The maximum Gasteiger partial charge on any atom is 0.306 e. The van der Waals surface area contributed by atoms with E-state index < -0.39 is 18.6 Å². The van der Waals surface area contributed by atoms with Gasteiger partial charge >= 0.3 is 5.92 Å². The summed E-state index contributed by atoms with van der Waals surface area (Å²) in [5, 5.41) is 9.89.